The Morgan fingerprint density at radius 3 is 2.00 bits per heavy atom. The molecule has 0 aromatic carbocycles. The van der Waals surface area contributed by atoms with Crippen molar-refractivity contribution in [3.8, 4) is 0 Å². The van der Waals surface area contributed by atoms with Gasteiger partial charge in [0.2, 0.25) is 5.91 Å². The normalized spacial score (nSPS) is 11.0. The van der Waals surface area contributed by atoms with E-state index in [-0.39, 0.29) is 23.0 Å². The summed E-state index contributed by atoms with van der Waals surface area (Å²) < 4.78 is 0. The van der Waals surface area contributed by atoms with Crippen molar-refractivity contribution in [3.63, 3.8) is 0 Å². The summed E-state index contributed by atoms with van der Waals surface area (Å²) in [5.74, 6) is -1.35. The number of carbonyl (C=O) groups is 2. The van der Waals surface area contributed by atoms with E-state index in [1.54, 1.807) is 0 Å². The van der Waals surface area contributed by atoms with Crippen LogP contribution in [0.3, 0.4) is 0 Å². The number of carbonyl (C=O) groups excluding carboxylic acids is 1. The van der Waals surface area contributed by atoms with Crippen LogP contribution in [0.4, 0.5) is 0 Å². The van der Waals surface area contributed by atoms with E-state index < -0.39 is 12.0 Å². The maximum absolute atomic E-state index is 10.2. The van der Waals surface area contributed by atoms with Gasteiger partial charge in [0, 0.05) is 24.0 Å². The van der Waals surface area contributed by atoms with Crippen LogP contribution in [0, 0.1) is 0 Å². The minimum atomic E-state index is -1.02. The molecule has 0 aromatic heterocycles. The Hall–Kier alpha value is -0.541. The van der Waals surface area contributed by atoms with Gasteiger partial charge in [0.05, 0.1) is 0 Å². The molecule has 2 N–H and O–H groups in total. The maximum Gasteiger partial charge on any atom is 0.325 e. The summed E-state index contributed by atoms with van der Waals surface area (Å²) in [4.78, 5) is 20.2. The van der Waals surface area contributed by atoms with Crippen LogP contribution in [0.1, 0.15) is 13.8 Å². The molecule has 1 unspecified atom stereocenters. The second-order valence-electron chi connectivity index (χ2n) is 1.76. The van der Waals surface area contributed by atoms with E-state index in [0.717, 1.165) is 0 Å². The molecule has 1 atom stereocenters. The van der Waals surface area contributed by atoms with Crippen molar-refractivity contribution in [2.24, 2.45) is 0 Å². The van der Waals surface area contributed by atoms with Gasteiger partial charge in [-0.3, -0.25) is 9.59 Å². The predicted molar refractivity (Wildman–Crippen MR) is 30.9 cm³/mol. The molecule has 1 radical (unpaired) electrons. The number of carboxylic acids is 1. The maximum atomic E-state index is 10.2. The summed E-state index contributed by atoms with van der Waals surface area (Å²) in [5, 5.41) is 10.4. The van der Waals surface area contributed by atoms with Crippen LogP contribution in [0.5, 0.6) is 0 Å². The Morgan fingerprint density at radius 2 is 1.90 bits per heavy atom. The number of hydrogen-bond acceptors (Lipinski definition) is 2. The van der Waals surface area contributed by atoms with E-state index in [2.05, 4.69) is 5.32 Å². The zero-order valence-electron chi connectivity index (χ0n) is 5.64. The summed E-state index contributed by atoms with van der Waals surface area (Å²) >= 11 is 0. The van der Waals surface area contributed by atoms with Crippen LogP contribution >= 0.6 is 0 Å². The third kappa shape index (κ3) is 5.59. The second-order valence-corrected chi connectivity index (χ2v) is 1.76. The molecule has 1 amide bonds. The zero-order chi connectivity index (χ0) is 7.44. The molecule has 0 aliphatic carbocycles. The third-order valence-electron chi connectivity index (χ3n) is 0.790. The summed E-state index contributed by atoms with van der Waals surface area (Å²) in [6.07, 6.45) is 0. The topological polar surface area (TPSA) is 66.4 Å². The predicted octanol–water partition coefficient (Wildman–Crippen LogP) is -0.407. The van der Waals surface area contributed by atoms with Gasteiger partial charge in [0.25, 0.3) is 0 Å². The van der Waals surface area contributed by atoms with E-state index in [4.69, 9.17) is 5.11 Å². The minimum absolute atomic E-state index is 0. The third-order valence-corrected chi connectivity index (χ3v) is 0.790. The summed E-state index contributed by atoms with van der Waals surface area (Å²) in [6.45, 7) is 2.68. The molecular formula is C5H9CuNO3. The van der Waals surface area contributed by atoms with E-state index in [1.807, 2.05) is 0 Å². The van der Waals surface area contributed by atoms with Gasteiger partial charge in [-0.1, -0.05) is 0 Å². The first-order valence-electron chi connectivity index (χ1n) is 2.54. The van der Waals surface area contributed by atoms with Crippen molar-refractivity contribution in [3.05, 3.63) is 0 Å². The average molecular weight is 195 g/mol. The minimum Gasteiger partial charge on any atom is -0.480 e. The summed E-state index contributed by atoms with van der Waals surface area (Å²) in [5.41, 5.74) is 0. The first kappa shape index (κ1) is 12.2. The molecule has 4 nitrogen and oxygen atoms in total. The fourth-order valence-corrected chi connectivity index (χ4v) is 0.367. The molecule has 0 spiro atoms. The Kier molecular flexibility index (Phi) is 6.40. The molecule has 5 heteroatoms. The van der Waals surface area contributed by atoms with Gasteiger partial charge in [-0.2, -0.15) is 0 Å². The number of carboxylic acid groups (broad SMARTS) is 1. The average Bonchev–Trinajstić information content (AvgIpc) is 1.63. The zero-order valence-corrected chi connectivity index (χ0v) is 6.58. The first-order chi connectivity index (χ1) is 4.04. The molecule has 0 rings (SSSR count). The van der Waals surface area contributed by atoms with Gasteiger partial charge in [-0.25, -0.2) is 0 Å². The number of hydrogen-bond donors (Lipinski definition) is 2. The van der Waals surface area contributed by atoms with Crippen LogP contribution in [0.25, 0.3) is 0 Å². The Bertz CT molecular complexity index is 137. The Labute approximate surface area is 69.5 Å². The van der Waals surface area contributed by atoms with Gasteiger partial charge < -0.3 is 10.4 Å². The van der Waals surface area contributed by atoms with Crippen molar-refractivity contribution in [1.82, 2.24) is 5.32 Å². The second kappa shape index (κ2) is 5.26. The van der Waals surface area contributed by atoms with E-state index in [0.29, 0.717) is 0 Å². The molecule has 0 saturated heterocycles. The van der Waals surface area contributed by atoms with E-state index >= 15 is 0 Å². The van der Waals surface area contributed by atoms with Gasteiger partial charge in [0.1, 0.15) is 6.04 Å². The van der Waals surface area contributed by atoms with Gasteiger partial charge in [-0.15, -0.1) is 0 Å². The monoisotopic (exact) mass is 194 g/mol. The smallest absolute Gasteiger partial charge is 0.325 e. The van der Waals surface area contributed by atoms with Crippen LogP contribution in [0.2, 0.25) is 0 Å². The van der Waals surface area contributed by atoms with Crippen molar-refractivity contribution < 1.29 is 31.8 Å². The van der Waals surface area contributed by atoms with E-state index in [1.165, 1.54) is 13.8 Å². The van der Waals surface area contributed by atoms with Crippen LogP contribution < -0.4 is 5.32 Å². The first-order valence-corrected chi connectivity index (χ1v) is 2.54. The quantitative estimate of drug-likeness (QED) is 0.588. The largest absolute Gasteiger partial charge is 0.480 e. The number of rotatable bonds is 2. The van der Waals surface area contributed by atoms with Gasteiger partial charge in [-0.05, 0) is 6.92 Å². The molecule has 0 aliphatic rings. The fraction of sp³-hybridized carbons (Fsp3) is 0.600. The van der Waals surface area contributed by atoms with E-state index in [9.17, 15) is 9.59 Å². The SMILES string of the molecule is CC(=O)NC(C)C(=O)O.[Cu]. The van der Waals surface area contributed by atoms with Gasteiger partial charge in [0.15, 0.2) is 0 Å². The molecule has 0 saturated carbocycles. The van der Waals surface area contributed by atoms with Crippen molar-refractivity contribution in [2.75, 3.05) is 0 Å². The Morgan fingerprint density at radius 1 is 1.50 bits per heavy atom. The number of nitrogens with one attached hydrogen (secondary N) is 1. The van der Waals surface area contributed by atoms with Crippen molar-refractivity contribution in [2.45, 2.75) is 19.9 Å². The molecule has 0 heterocycles. The molecule has 0 fully saturated rings. The molecule has 0 aromatic rings. The molecular weight excluding hydrogens is 186 g/mol. The van der Waals surface area contributed by atoms with Crippen LogP contribution in [0.15, 0.2) is 0 Å². The van der Waals surface area contributed by atoms with Crippen molar-refractivity contribution in [1.29, 1.82) is 0 Å². The summed E-state index contributed by atoms with van der Waals surface area (Å²) in [6, 6.07) is -0.789. The Balaban J connectivity index is 0. The number of amides is 1. The van der Waals surface area contributed by atoms with Crippen LogP contribution in [-0.2, 0) is 26.7 Å². The summed E-state index contributed by atoms with van der Waals surface area (Å²) in [7, 11) is 0. The fourth-order valence-electron chi connectivity index (χ4n) is 0.367. The molecule has 0 aliphatic heterocycles. The molecule has 10 heavy (non-hydrogen) atoms. The number of aliphatic carboxylic acids is 1. The standard InChI is InChI=1S/C5H9NO3.Cu/c1-3(5(8)9)6-4(2)7;/h3H,1-2H3,(H,6,7)(H,8,9);. The van der Waals surface area contributed by atoms with Crippen molar-refractivity contribution >= 4 is 11.9 Å². The van der Waals surface area contributed by atoms with Crippen LogP contribution in [-0.4, -0.2) is 23.0 Å². The van der Waals surface area contributed by atoms with Gasteiger partial charge >= 0.3 is 5.97 Å². The molecule has 0 bridgehead atoms. The molecule has 63 valence electrons.